The van der Waals surface area contributed by atoms with Crippen molar-refractivity contribution < 1.29 is 13.2 Å². The third-order valence-corrected chi connectivity index (χ3v) is 3.71. The molecule has 0 amide bonds. The van der Waals surface area contributed by atoms with E-state index in [2.05, 4.69) is 15.3 Å². The molecule has 8 heteroatoms. The molecule has 3 N–H and O–H groups in total. The van der Waals surface area contributed by atoms with Gasteiger partial charge in [0.25, 0.3) is 0 Å². The molecule has 0 aromatic carbocycles. The van der Waals surface area contributed by atoms with Gasteiger partial charge in [-0.15, -0.1) is 0 Å². The number of guanidine groups is 1. The second kappa shape index (κ2) is 8.14. The summed E-state index contributed by atoms with van der Waals surface area (Å²) in [6, 6.07) is 5.71. The second-order valence-electron chi connectivity index (χ2n) is 5.73. The Balaban J connectivity index is 1.65. The van der Waals surface area contributed by atoms with Gasteiger partial charge in [-0.3, -0.25) is 14.9 Å². The average molecular weight is 329 g/mol. The van der Waals surface area contributed by atoms with E-state index in [-0.39, 0.29) is 5.92 Å². The van der Waals surface area contributed by atoms with Crippen LogP contribution in [-0.4, -0.2) is 54.7 Å². The average Bonchev–Trinajstić information content (AvgIpc) is 2.92. The van der Waals surface area contributed by atoms with Crippen LogP contribution in [0.15, 0.2) is 29.4 Å². The summed E-state index contributed by atoms with van der Waals surface area (Å²) in [7, 11) is 0. The molecule has 1 aromatic heterocycles. The van der Waals surface area contributed by atoms with Crippen molar-refractivity contribution in [2.75, 3.05) is 32.7 Å². The van der Waals surface area contributed by atoms with Crippen LogP contribution < -0.4 is 11.1 Å². The molecule has 2 heterocycles. The number of rotatable bonds is 6. The van der Waals surface area contributed by atoms with Crippen LogP contribution in [0.1, 0.15) is 12.1 Å². The molecule has 128 valence electrons. The van der Waals surface area contributed by atoms with Crippen molar-refractivity contribution in [3.63, 3.8) is 0 Å². The zero-order valence-corrected chi connectivity index (χ0v) is 12.9. The van der Waals surface area contributed by atoms with Gasteiger partial charge in [-0.05, 0) is 31.0 Å². The van der Waals surface area contributed by atoms with Gasteiger partial charge in [0.1, 0.15) is 0 Å². The summed E-state index contributed by atoms with van der Waals surface area (Å²) in [5.74, 6) is 0.462. The quantitative estimate of drug-likeness (QED) is 0.612. The Labute approximate surface area is 133 Å². The minimum atomic E-state index is -4.13. The molecule has 0 aliphatic carbocycles. The molecule has 1 saturated heterocycles. The maximum absolute atomic E-state index is 12.3. The smallest absolute Gasteiger partial charge is 0.370 e. The van der Waals surface area contributed by atoms with Crippen LogP contribution in [0, 0.1) is 5.92 Å². The van der Waals surface area contributed by atoms with Gasteiger partial charge in [-0.1, -0.05) is 6.07 Å². The predicted molar refractivity (Wildman–Crippen MR) is 83.0 cm³/mol. The lowest BCUT2D eigenvalue weighted by atomic mass is 10.1. The molecule has 0 bridgehead atoms. The number of pyridine rings is 1. The molecule has 1 unspecified atom stereocenters. The number of aromatic nitrogens is 1. The van der Waals surface area contributed by atoms with E-state index >= 15 is 0 Å². The van der Waals surface area contributed by atoms with Crippen molar-refractivity contribution in [1.29, 1.82) is 0 Å². The lowest BCUT2D eigenvalue weighted by Crippen LogP contribution is -2.34. The van der Waals surface area contributed by atoms with Crippen molar-refractivity contribution in [3.05, 3.63) is 30.1 Å². The van der Waals surface area contributed by atoms with Crippen LogP contribution in [0.25, 0.3) is 0 Å². The monoisotopic (exact) mass is 329 g/mol. The predicted octanol–water partition coefficient (Wildman–Crippen LogP) is 1.41. The summed E-state index contributed by atoms with van der Waals surface area (Å²) >= 11 is 0. The first-order valence-electron chi connectivity index (χ1n) is 7.65. The molecular formula is C15H22F3N5. The Morgan fingerprint density at radius 2 is 2.26 bits per heavy atom. The topological polar surface area (TPSA) is 66.5 Å². The first-order chi connectivity index (χ1) is 10.9. The SMILES string of the molecule is NC(=NCC1CCN(CC(F)(F)F)C1)NCCc1ccccn1. The number of alkyl halides is 3. The van der Waals surface area contributed by atoms with Crippen LogP contribution in [0.3, 0.4) is 0 Å². The summed E-state index contributed by atoms with van der Waals surface area (Å²) < 4.78 is 37.0. The number of nitrogens with zero attached hydrogens (tertiary/aromatic N) is 3. The Bertz CT molecular complexity index is 504. The lowest BCUT2D eigenvalue weighted by Gasteiger charge is -2.17. The zero-order chi connectivity index (χ0) is 16.7. The van der Waals surface area contributed by atoms with E-state index in [1.54, 1.807) is 6.20 Å². The van der Waals surface area contributed by atoms with Crippen LogP contribution in [0.4, 0.5) is 13.2 Å². The fraction of sp³-hybridized carbons (Fsp3) is 0.600. The summed E-state index contributed by atoms with van der Waals surface area (Å²) in [4.78, 5) is 9.85. The van der Waals surface area contributed by atoms with Crippen LogP contribution in [0.5, 0.6) is 0 Å². The van der Waals surface area contributed by atoms with Crippen molar-refractivity contribution in [2.45, 2.75) is 19.0 Å². The highest BCUT2D eigenvalue weighted by atomic mass is 19.4. The van der Waals surface area contributed by atoms with E-state index in [9.17, 15) is 13.2 Å². The fourth-order valence-corrected chi connectivity index (χ4v) is 2.61. The number of hydrogen-bond donors (Lipinski definition) is 2. The Kier molecular flexibility index (Phi) is 6.20. The fourth-order valence-electron chi connectivity index (χ4n) is 2.61. The van der Waals surface area contributed by atoms with E-state index in [0.29, 0.717) is 32.1 Å². The number of nitrogens with two attached hydrogens (primary N) is 1. The molecule has 1 atom stereocenters. The van der Waals surface area contributed by atoms with Gasteiger partial charge in [-0.25, -0.2) is 0 Å². The van der Waals surface area contributed by atoms with E-state index in [1.165, 1.54) is 4.90 Å². The first kappa shape index (κ1) is 17.5. The minimum Gasteiger partial charge on any atom is -0.370 e. The summed E-state index contributed by atoms with van der Waals surface area (Å²) in [6.07, 6.45) is -0.940. The number of likely N-dealkylation sites (tertiary alicyclic amines) is 1. The van der Waals surface area contributed by atoms with E-state index in [0.717, 1.165) is 18.5 Å². The van der Waals surface area contributed by atoms with Crippen molar-refractivity contribution in [2.24, 2.45) is 16.6 Å². The number of hydrogen-bond acceptors (Lipinski definition) is 3. The second-order valence-corrected chi connectivity index (χ2v) is 5.73. The van der Waals surface area contributed by atoms with E-state index < -0.39 is 12.7 Å². The number of aliphatic imine (C=N–C) groups is 1. The number of halogens is 3. The highest BCUT2D eigenvalue weighted by Crippen LogP contribution is 2.22. The Hall–Kier alpha value is -1.83. The highest BCUT2D eigenvalue weighted by molar-refractivity contribution is 5.77. The Morgan fingerprint density at radius 3 is 2.96 bits per heavy atom. The van der Waals surface area contributed by atoms with Crippen molar-refractivity contribution in [1.82, 2.24) is 15.2 Å². The summed E-state index contributed by atoms with van der Waals surface area (Å²) in [5, 5.41) is 3.00. The van der Waals surface area contributed by atoms with Gasteiger partial charge in [-0.2, -0.15) is 13.2 Å². The van der Waals surface area contributed by atoms with E-state index in [1.807, 2.05) is 18.2 Å². The molecule has 1 aromatic rings. The largest absolute Gasteiger partial charge is 0.401 e. The molecule has 1 aliphatic heterocycles. The standard InChI is InChI=1S/C15H22F3N5/c16-15(17,18)11-23-8-5-12(10-23)9-22-14(19)21-7-4-13-3-1-2-6-20-13/h1-3,6,12H,4-5,7-11H2,(H3,19,21,22). The highest BCUT2D eigenvalue weighted by Gasteiger charge is 2.34. The molecular weight excluding hydrogens is 307 g/mol. The molecule has 2 rings (SSSR count). The molecule has 1 aliphatic rings. The molecule has 23 heavy (non-hydrogen) atoms. The van der Waals surface area contributed by atoms with Crippen LogP contribution >= 0.6 is 0 Å². The van der Waals surface area contributed by atoms with Crippen molar-refractivity contribution >= 4 is 5.96 Å². The zero-order valence-electron chi connectivity index (χ0n) is 12.9. The maximum Gasteiger partial charge on any atom is 0.401 e. The van der Waals surface area contributed by atoms with Gasteiger partial charge >= 0.3 is 6.18 Å². The van der Waals surface area contributed by atoms with Gasteiger partial charge in [0, 0.05) is 37.9 Å². The molecule has 0 spiro atoms. The normalized spacial score (nSPS) is 20.0. The van der Waals surface area contributed by atoms with Crippen LogP contribution in [-0.2, 0) is 6.42 Å². The van der Waals surface area contributed by atoms with Crippen LogP contribution in [0.2, 0.25) is 0 Å². The minimum absolute atomic E-state index is 0.133. The number of nitrogens with one attached hydrogen (secondary N) is 1. The van der Waals surface area contributed by atoms with Crippen molar-refractivity contribution in [3.8, 4) is 0 Å². The maximum atomic E-state index is 12.3. The molecule has 1 fully saturated rings. The van der Waals surface area contributed by atoms with E-state index in [4.69, 9.17) is 5.73 Å². The third-order valence-electron chi connectivity index (χ3n) is 3.71. The summed E-state index contributed by atoms with van der Waals surface area (Å²) in [6.45, 7) is 1.12. The Morgan fingerprint density at radius 1 is 1.43 bits per heavy atom. The third kappa shape index (κ3) is 6.85. The van der Waals surface area contributed by atoms with Gasteiger partial charge in [0.15, 0.2) is 5.96 Å². The molecule has 0 saturated carbocycles. The van der Waals surface area contributed by atoms with Gasteiger partial charge in [0.2, 0.25) is 0 Å². The summed E-state index contributed by atoms with van der Waals surface area (Å²) in [5.41, 5.74) is 6.74. The molecule has 0 radical (unpaired) electrons. The van der Waals surface area contributed by atoms with Gasteiger partial charge < -0.3 is 11.1 Å². The van der Waals surface area contributed by atoms with Gasteiger partial charge in [0.05, 0.1) is 6.54 Å². The first-order valence-corrected chi connectivity index (χ1v) is 7.65. The molecule has 5 nitrogen and oxygen atoms in total. The lowest BCUT2D eigenvalue weighted by molar-refractivity contribution is -0.143.